The van der Waals surface area contributed by atoms with Crippen LogP contribution in [0.5, 0.6) is 0 Å². The molecule has 0 saturated carbocycles. The van der Waals surface area contributed by atoms with Crippen molar-refractivity contribution in [3.05, 3.63) is 36.0 Å². The third kappa shape index (κ3) is 2.34. The molecule has 1 saturated heterocycles. The first-order valence-corrected chi connectivity index (χ1v) is 7.27. The number of hydrogen-bond donors (Lipinski definition) is 0. The SMILES string of the molecule is CN1CCN(c2c(C#N)cnc3ccccc23)CC1(C)C. The van der Waals surface area contributed by atoms with Crippen LogP contribution in [0.15, 0.2) is 30.5 Å². The maximum absolute atomic E-state index is 9.46. The van der Waals surface area contributed by atoms with Gasteiger partial charge < -0.3 is 4.90 Å². The van der Waals surface area contributed by atoms with E-state index in [1.165, 1.54) is 0 Å². The summed E-state index contributed by atoms with van der Waals surface area (Å²) in [6.07, 6.45) is 1.70. The molecule has 1 fully saturated rings. The molecule has 0 N–H and O–H groups in total. The zero-order valence-electron chi connectivity index (χ0n) is 12.8. The minimum Gasteiger partial charge on any atom is -0.367 e. The van der Waals surface area contributed by atoms with Crippen molar-refractivity contribution < 1.29 is 0 Å². The van der Waals surface area contributed by atoms with E-state index >= 15 is 0 Å². The first-order chi connectivity index (χ1) is 10.0. The van der Waals surface area contributed by atoms with Gasteiger partial charge in [0.15, 0.2) is 0 Å². The fourth-order valence-electron chi connectivity index (χ4n) is 2.98. The number of para-hydroxylation sites is 1. The van der Waals surface area contributed by atoms with Crippen molar-refractivity contribution in [3.8, 4) is 6.07 Å². The fourth-order valence-corrected chi connectivity index (χ4v) is 2.98. The lowest BCUT2D eigenvalue weighted by Gasteiger charge is -2.46. The number of pyridine rings is 1. The zero-order valence-corrected chi connectivity index (χ0v) is 12.8. The number of rotatable bonds is 1. The molecule has 3 rings (SSSR count). The van der Waals surface area contributed by atoms with Crippen LogP contribution in [0.1, 0.15) is 19.4 Å². The molecule has 1 aliphatic heterocycles. The molecule has 1 aromatic carbocycles. The number of aromatic nitrogens is 1. The Morgan fingerprint density at radius 2 is 2.00 bits per heavy atom. The molecule has 2 heterocycles. The van der Waals surface area contributed by atoms with E-state index in [1.807, 2.05) is 18.2 Å². The van der Waals surface area contributed by atoms with E-state index in [2.05, 4.69) is 47.8 Å². The summed E-state index contributed by atoms with van der Waals surface area (Å²) in [6, 6.07) is 10.4. The summed E-state index contributed by atoms with van der Waals surface area (Å²) < 4.78 is 0. The number of anilines is 1. The molecule has 0 amide bonds. The van der Waals surface area contributed by atoms with Crippen molar-refractivity contribution in [1.82, 2.24) is 9.88 Å². The van der Waals surface area contributed by atoms with Crippen LogP contribution in [-0.4, -0.2) is 42.1 Å². The normalized spacial score (nSPS) is 18.7. The van der Waals surface area contributed by atoms with Crippen molar-refractivity contribution in [2.45, 2.75) is 19.4 Å². The second-order valence-electron chi connectivity index (χ2n) is 6.30. The van der Waals surface area contributed by atoms with Gasteiger partial charge in [-0.25, -0.2) is 0 Å². The summed E-state index contributed by atoms with van der Waals surface area (Å²) in [5, 5.41) is 10.5. The maximum Gasteiger partial charge on any atom is 0.103 e. The minimum atomic E-state index is 0.0926. The highest BCUT2D eigenvalue weighted by Crippen LogP contribution is 2.32. The van der Waals surface area contributed by atoms with Gasteiger partial charge in [-0.2, -0.15) is 5.26 Å². The quantitative estimate of drug-likeness (QED) is 0.805. The molecule has 4 heteroatoms. The lowest BCUT2D eigenvalue weighted by molar-refractivity contribution is 0.139. The lowest BCUT2D eigenvalue weighted by atomic mass is 9.98. The van der Waals surface area contributed by atoms with Gasteiger partial charge in [0, 0.05) is 36.8 Å². The van der Waals surface area contributed by atoms with Crippen molar-refractivity contribution in [2.75, 3.05) is 31.6 Å². The van der Waals surface area contributed by atoms with Gasteiger partial charge >= 0.3 is 0 Å². The van der Waals surface area contributed by atoms with Gasteiger partial charge in [0.2, 0.25) is 0 Å². The molecule has 0 radical (unpaired) electrons. The monoisotopic (exact) mass is 280 g/mol. The Labute approximate surface area is 125 Å². The fraction of sp³-hybridized carbons (Fsp3) is 0.412. The van der Waals surface area contributed by atoms with Crippen molar-refractivity contribution in [2.24, 2.45) is 0 Å². The van der Waals surface area contributed by atoms with E-state index in [4.69, 9.17) is 0 Å². The molecule has 108 valence electrons. The third-order valence-corrected chi connectivity index (χ3v) is 4.50. The summed E-state index contributed by atoms with van der Waals surface area (Å²) in [6.45, 7) is 7.33. The largest absolute Gasteiger partial charge is 0.367 e. The first-order valence-electron chi connectivity index (χ1n) is 7.27. The molecule has 0 spiro atoms. The van der Waals surface area contributed by atoms with Gasteiger partial charge in [-0.15, -0.1) is 0 Å². The topological polar surface area (TPSA) is 43.2 Å². The number of benzene rings is 1. The lowest BCUT2D eigenvalue weighted by Crippen LogP contribution is -2.57. The molecule has 21 heavy (non-hydrogen) atoms. The summed E-state index contributed by atoms with van der Waals surface area (Å²) in [7, 11) is 2.16. The van der Waals surface area contributed by atoms with Crippen molar-refractivity contribution >= 4 is 16.6 Å². The molecular weight excluding hydrogens is 260 g/mol. The van der Waals surface area contributed by atoms with E-state index < -0.39 is 0 Å². The van der Waals surface area contributed by atoms with Crippen LogP contribution in [0.4, 0.5) is 5.69 Å². The van der Waals surface area contributed by atoms with Crippen LogP contribution in [0, 0.1) is 11.3 Å². The summed E-state index contributed by atoms with van der Waals surface area (Å²) in [4.78, 5) is 9.11. The second-order valence-corrected chi connectivity index (χ2v) is 6.30. The molecule has 1 aromatic heterocycles. The number of nitriles is 1. The summed E-state index contributed by atoms with van der Waals surface area (Å²) in [5.41, 5.74) is 2.73. The van der Waals surface area contributed by atoms with Gasteiger partial charge in [-0.3, -0.25) is 9.88 Å². The Hall–Kier alpha value is -2.12. The summed E-state index contributed by atoms with van der Waals surface area (Å²) in [5.74, 6) is 0. The highest BCUT2D eigenvalue weighted by atomic mass is 15.3. The molecule has 4 nitrogen and oxygen atoms in total. The Morgan fingerprint density at radius 1 is 1.24 bits per heavy atom. The number of likely N-dealkylation sites (N-methyl/N-ethyl adjacent to an activating group) is 1. The highest BCUT2D eigenvalue weighted by Gasteiger charge is 2.32. The number of fused-ring (bicyclic) bond motifs is 1. The van der Waals surface area contributed by atoms with E-state index in [9.17, 15) is 5.26 Å². The molecular formula is C17H20N4. The number of hydrogen-bond acceptors (Lipinski definition) is 4. The highest BCUT2D eigenvalue weighted by molar-refractivity contribution is 5.94. The Bertz CT molecular complexity index is 714. The van der Waals surface area contributed by atoms with E-state index in [0.717, 1.165) is 36.2 Å². The van der Waals surface area contributed by atoms with Gasteiger partial charge in [0.25, 0.3) is 0 Å². The van der Waals surface area contributed by atoms with Gasteiger partial charge in [-0.1, -0.05) is 18.2 Å². The minimum absolute atomic E-state index is 0.0926. The average molecular weight is 280 g/mol. The van der Waals surface area contributed by atoms with Crippen LogP contribution in [-0.2, 0) is 0 Å². The third-order valence-electron chi connectivity index (χ3n) is 4.50. The molecule has 0 bridgehead atoms. The van der Waals surface area contributed by atoms with Crippen molar-refractivity contribution in [1.29, 1.82) is 5.26 Å². The average Bonchev–Trinajstić information content (AvgIpc) is 2.49. The van der Waals surface area contributed by atoms with Gasteiger partial charge in [-0.05, 0) is 27.0 Å². The predicted octanol–water partition coefficient (Wildman–Crippen LogP) is 2.64. The standard InChI is InChI=1S/C17H20N4/c1-17(2)12-21(9-8-20(17)3)16-13(10-18)11-19-15-7-5-4-6-14(15)16/h4-7,11H,8-9,12H2,1-3H3. The predicted molar refractivity (Wildman–Crippen MR) is 85.4 cm³/mol. The van der Waals surface area contributed by atoms with Crippen LogP contribution in [0.25, 0.3) is 10.9 Å². The van der Waals surface area contributed by atoms with Crippen LogP contribution in [0.3, 0.4) is 0 Å². The molecule has 1 aliphatic rings. The number of piperazine rings is 1. The Morgan fingerprint density at radius 3 is 2.71 bits per heavy atom. The molecule has 0 aliphatic carbocycles. The van der Waals surface area contributed by atoms with Gasteiger partial charge in [0.1, 0.15) is 6.07 Å². The van der Waals surface area contributed by atoms with Crippen molar-refractivity contribution in [3.63, 3.8) is 0 Å². The second kappa shape index (κ2) is 5.01. The van der Waals surface area contributed by atoms with E-state index in [1.54, 1.807) is 6.20 Å². The van der Waals surface area contributed by atoms with Gasteiger partial charge in [0.05, 0.1) is 16.8 Å². The molecule has 0 unspecified atom stereocenters. The molecule has 0 atom stereocenters. The first kappa shape index (κ1) is 13.8. The Kier molecular flexibility index (Phi) is 3.30. The zero-order chi connectivity index (χ0) is 15.0. The van der Waals surface area contributed by atoms with E-state index in [-0.39, 0.29) is 5.54 Å². The van der Waals surface area contributed by atoms with E-state index in [0.29, 0.717) is 5.56 Å². The van der Waals surface area contributed by atoms with Crippen LogP contribution >= 0.6 is 0 Å². The smallest absolute Gasteiger partial charge is 0.103 e. The number of nitrogens with zero attached hydrogens (tertiary/aromatic N) is 4. The Balaban J connectivity index is 2.13. The summed E-state index contributed by atoms with van der Waals surface area (Å²) >= 11 is 0. The maximum atomic E-state index is 9.46. The molecule has 2 aromatic rings. The van der Waals surface area contributed by atoms with Crippen LogP contribution in [0.2, 0.25) is 0 Å². The van der Waals surface area contributed by atoms with Crippen LogP contribution < -0.4 is 4.90 Å².